The fourth-order valence-electron chi connectivity index (χ4n) is 1.85. The lowest BCUT2D eigenvalue weighted by Gasteiger charge is -2.39. The van der Waals surface area contributed by atoms with Crippen molar-refractivity contribution in [2.45, 2.75) is 51.7 Å². The van der Waals surface area contributed by atoms with Crippen LogP contribution in [0.5, 0.6) is 0 Å². The molecule has 0 unspecified atom stereocenters. The van der Waals surface area contributed by atoms with Crippen LogP contribution in [0.15, 0.2) is 0 Å². The standard InChI is InChI=1S/C11H23NO/c1-11(2,3)13-10-7-9(8-10)5-6-12-4/h9-10,12H,5-8H2,1-4H3. The van der Waals surface area contributed by atoms with Gasteiger partial charge >= 0.3 is 0 Å². The molecule has 0 aromatic carbocycles. The van der Waals surface area contributed by atoms with Crippen LogP contribution in [-0.2, 0) is 4.74 Å². The molecule has 1 aliphatic rings. The van der Waals surface area contributed by atoms with Gasteiger partial charge in [-0.2, -0.15) is 0 Å². The van der Waals surface area contributed by atoms with Gasteiger partial charge in [-0.25, -0.2) is 0 Å². The zero-order valence-corrected chi connectivity index (χ0v) is 9.39. The van der Waals surface area contributed by atoms with Crippen LogP contribution >= 0.6 is 0 Å². The lowest BCUT2D eigenvalue weighted by atomic mass is 9.80. The summed E-state index contributed by atoms with van der Waals surface area (Å²) in [6.45, 7) is 7.54. The molecule has 1 aliphatic carbocycles. The van der Waals surface area contributed by atoms with Crippen molar-refractivity contribution in [3.05, 3.63) is 0 Å². The number of rotatable bonds is 4. The minimum atomic E-state index is 0.0403. The van der Waals surface area contributed by atoms with Crippen molar-refractivity contribution in [1.82, 2.24) is 5.32 Å². The van der Waals surface area contributed by atoms with E-state index in [2.05, 4.69) is 26.1 Å². The van der Waals surface area contributed by atoms with E-state index in [-0.39, 0.29) is 5.60 Å². The second kappa shape index (κ2) is 4.43. The van der Waals surface area contributed by atoms with Gasteiger partial charge in [-0.3, -0.25) is 0 Å². The van der Waals surface area contributed by atoms with E-state index >= 15 is 0 Å². The van der Waals surface area contributed by atoms with Crippen molar-refractivity contribution in [2.75, 3.05) is 13.6 Å². The lowest BCUT2D eigenvalue weighted by molar-refractivity contribution is -0.112. The quantitative estimate of drug-likeness (QED) is 0.725. The van der Waals surface area contributed by atoms with Gasteiger partial charge in [-0.1, -0.05) is 0 Å². The Kier molecular flexibility index (Phi) is 3.74. The van der Waals surface area contributed by atoms with Crippen LogP contribution in [0, 0.1) is 5.92 Å². The molecule has 1 N–H and O–H groups in total. The molecular weight excluding hydrogens is 162 g/mol. The smallest absolute Gasteiger partial charge is 0.0602 e. The Balaban J connectivity index is 2.05. The maximum absolute atomic E-state index is 5.86. The summed E-state index contributed by atoms with van der Waals surface area (Å²) in [6.07, 6.45) is 4.36. The highest BCUT2D eigenvalue weighted by atomic mass is 16.5. The van der Waals surface area contributed by atoms with E-state index in [0.29, 0.717) is 6.10 Å². The summed E-state index contributed by atoms with van der Waals surface area (Å²) in [6, 6.07) is 0. The summed E-state index contributed by atoms with van der Waals surface area (Å²) in [7, 11) is 2.02. The van der Waals surface area contributed by atoms with Gasteiger partial charge < -0.3 is 10.1 Å². The monoisotopic (exact) mass is 185 g/mol. The molecule has 13 heavy (non-hydrogen) atoms. The molecule has 78 valence electrons. The van der Waals surface area contributed by atoms with Crippen molar-refractivity contribution in [3.63, 3.8) is 0 Å². The van der Waals surface area contributed by atoms with Crippen LogP contribution in [0.3, 0.4) is 0 Å². The average Bonchev–Trinajstić information content (AvgIpc) is 1.91. The van der Waals surface area contributed by atoms with E-state index in [1.165, 1.54) is 19.3 Å². The molecule has 1 fully saturated rings. The first-order valence-corrected chi connectivity index (χ1v) is 5.33. The molecule has 0 atom stereocenters. The second-order valence-electron chi connectivity index (χ2n) is 5.08. The summed E-state index contributed by atoms with van der Waals surface area (Å²) < 4.78 is 5.86. The third-order valence-electron chi connectivity index (χ3n) is 2.52. The van der Waals surface area contributed by atoms with Gasteiger partial charge in [0.05, 0.1) is 11.7 Å². The van der Waals surface area contributed by atoms with Gasteiger partial charge in [0.25, 0.3) is 0 Å². The highest BCUT2D eigenvalue weighted by Gasteiger charge is 2.32. The Morgan fingerprint density at radius 2 is 1.92 bits per heavy atom. The Hall–Kier alpha value is -0.0800. The molecule has 0 amide bonds. The molecule has 0 radical (unpaired) electrons. The van der Waals surface area contributed by atoms with Crippen LogP contribution in [-0.4, -0.2) is 25.3 Å². The van der Waals surface area contributed by atoms with Crippen molar-refractivity contribution in [3.8, 4) is 0 Å². The van der Waals surface area contributed by atoms with E-state index in [9.17, 15) is 0 Å². The number of hydrogen-bond acceptors (Lipinski definition) is 2. The largest absolute Gasteiger partial charge is 0.373 e. The van der Waals surface area contributed by atoms with Gasteiger partial charge in [-0.05, 0) is 59.5 Å². The van der Waals surface area contributed by atoms with Crippen LogP contribution in [0.4, 0.5) is 0 Å². The van der Waals surface area contributed by atoms with Crippen molar-refractivity contribution < 1.29 is 4.74 Å². The third-order valence-corrected chi connectivity index (χ3v) is 2.52. The molecule has 0 bridgehead atoms. The highest BCUT2D eigenvalue weighted by Crippen LogP contribution is 2.34. The molecule has 0 saturated heterocycles. The summed E-state index contributed by atoms with van der Waals surface area (Å²) in [4.78, 5) is 0. The Morgan fingerprint density at radius 3 is 2.38 bits per heavy atom. The van der Waals surface area contributed by atoms with Gasteiger partial charge in [0.15, 0.2) is 0 Å². The minimum absolute atomic E-state index is 0.0403. The predicted octanol–water partition coefficient (Wildman–Crippen LogP) is 2.19. The second-order valence-corrected chi connectivity index (χ2v) is 5.08. The van der Waals surface area contributed by atoms with Crippen LogP contribution in [0.2, 0.25) is 0 Å². The van der Waals surface area contributed by atoms with E-state index < -0.39 is 0 Å². The molecule has 0 aliphatic heterocycles. The highest BCUT2D eigenvalue weighted by molar-refractivity contribution is 4.82. The molecule has 0 aromatic heterocycles. The number of ether oxygens (including phenoxy) is 1. The van der Waals surface area contributed by atoms with Crippen LogP contribution in [0.1, 0.15) is 40.0 Å². The molecular formula is C11H23NO. The van der Waals surface area contributed by atoms with Gasteiger partial charge in [0, 0.05) is 0 Å². The first-order chi connectivity index (χ1) is 6.01. The zero-order valence-electron chi connectivity index (χ0n) is 9.39. The fourth-order valence-corrected chi connectivity index (χ4v) is 1.85. The normalized spacial score (nSPS) is 28.6. The number of nitrogens with one attached hydrogen (secondary N) is 1. The molecule has 2 heteroatoms. The van der Waals surface area contributed by atoms with E-state index in [1.54, 1.807) is 0 Å². The molecule has 1 rings (SSSR count). The SMILES string of the molecule is CNCCC1CC(OC(C)(C)C)C1. The topological polar surface area (TPSA) is 21.3 Å². The molecule has 0 spiro atoms. The molecule has 0 heterocycles. The van der Waals surface area contributed by atoms with Gasteiger partial charge in [0.1, 0.15) is 0 Å². The Labute approximate surface area is 82.0 Å². The van der Waals surface area contributed by atoms with Crippen LogP contribution in [0.25, 0.3) is 0 Å². The van der Waals surface area contributed by atoms with Crippen molar-refractivity contribution in [2.24, 2.45) is 5.92 Å². The van der Waals surface area contributed by atoms with E-state index in [4.69, 9.17) is 4.74 Å². The number of hydrogen-bond donors (Lipinski definition) is 1. The van der Waals surface area contributed by atoms with Crippen LogP contribution < -0.4 is 5.32 Å². The first kappa shape index (κ1) is 11.0. The minimum Gasteiger partial charge on any atom is -0.373 e. The molecule has 2 nitrogen and oxygen atoms in total. The zero-order chi connectivity index (χ0) is 9.90. The summed E-state index contributed by atoms with van der Waals surface area (Å²) in [5.74, 6) is 0.903. The molecule has 1 saturated carbocycles. The lowest BCUT2D eigenvalue weighted by Crippen LogP contribution is -2.38. The summed E-state index contributed by atoms with van der Waals surface area (Å²) in [5, 5.41) is 3.19. The summed E-state index contributed by atoms with van der Waals surface area (Å²) in [5.41, 5.74) is 0.0403. The van der Waals surface area contributed by atoms with Crippen molar-refractivity contribution in [1.29, 1.82) is 0 Å². The Bertz CT molecular complexity index is 145. The third kappa shape index (κ3) is 4.10. The maximum atomic E-state index is 5.86. The van der Waals surface area contributed by atoms with Gasteiger partial charge in [-0.15, -0.1) is 0 Å². The molecule has 0 aromatic rings. The average molecular weight is 185 g/mol. The fraction of sp³-hybridized carbons (Fsp3) is 1.00. The van der Waals surface area contributed by atoms with Crippen molar-refractivity contribution >= 4 is 0 Å². The summed E-state index contributed by atoms with van der Waals surface area (Å²) >= 11 is 0. The van der Waals surface area contributed by atoms with E-state index in [1.807, 2.05) is 7.05 Å². The predicted molar refractivity (Wildman–Crippen MR) is 55.9 cm³/mol. The van der Waals surface area contributed by atoms with E-state index in [0.717, 1.165) is 12.5 Å². The Morgan fingerprint density at radius 1 is 1.31 bits per heavy atom. The maximum Gasteiger partial charge on any atom is 0.0602 e. The van der Waals surface area contributed by atoms with Gasteiger partial charge in [0.2, 0.25) is 0 Å². The first-order valence-electron chi connectivity index (χ1n) is 5.33.